The van der Waals surface area contributed by atoms with E-state index in [1.165, 1.54) is 5.56 Å². The number of benzene rings is 1. The first-order valence-corrected chi connectivity index (χ1v) is 10.5. The number of carbonyl (C=O) groups excluding carboxylic acids is 1. The fraction of sp³-hybridized carbons (Fsp3) is 0.435. The number of hydrogen-bond donors (Lipinski definition) is 1. The highest BCUT2D eigenvalue weighted by Crippen LogP contribution is 2.47. The summed E-state index contributed by atoms with van der Waals surface area (Å²) in [6.07, 6.45) is -1.52. The van der Waals surface area contributed by atoms with Gasteiger partial charge in [0.1, 0.15) is 0 Å². The number of carboxylic acid groups (broad SMARTS) is 1. The fourth-order valence-corrected chi connectivity index (χ4v) is 4.30. The molecule has 0 aliphatic carbocycles. The maximum Gasteiger partial charge on any atom is 0.490 e. The number of halogens is 3. The van der Waals surface area contributed by atoms with Crippen LogP contribution in [0.5, 0.6) is 0 Å². The molecule has 1 amide bonds. The zero-order chi connectivity index (χ0) is 24.1. The summed E-state index contributed by atoms with van der Waals surface area (Å²) in [5.41, 5.74) is 2.97. The molecule has 178 valence electrons. The molecular formula is C23H26F3N3O4. The molecule has 7 nitrogen and oxygen atoms in total. The standard InChI is InChI=1S/C21H25N3O2.C2HF3O2/c1-26-15-14-24-19-8-3-2-7-18(19)21(20(24)25)9-12-23(13-10-21)16-17-6-4-5-11-22-17;3-2(4,5)1(6)7/h2-8,11H,9-10,12-16H2,1H3;(H,6,7). The number of para-hydroxylation sites is 1. The fourth-order valence-electron chi connectivity index (χ4n) is 4.30. The Balaban J connectivity index is 0.000000383. The number of hydrogen-bond acceptors (Lipinski definition) is 5. The molecule has 0 saturated carbocycles. The normalized spacial score (nSPS) is 17.5. The lowest BCUT2D eigenvalue weighted by Gasteiger charge is -2.38. The molecule has 3 heterocycles. The lowest BCUT2D eigenvalue weighted by atomic mass is 9.73. The van der Waals surface area contributed by atoms with Crippen molar-refractivity contribution in [2.75, 3.05) is 38.3 Å². The molecule has 1 N–H and O–H groups in total. The molecule has 0 atom stereocenters. The van der Waals surface area contributed by atoms with Gasteiger partial charge in [-0.3, -0.25) is 14.7 Å². The average Bonchev–Trinajstić information content (AvgIpc) is 3.02. The number of nitrogens with zero attached hydrogens (tertiary/aromatic N) is 3. The molecule has 1 aromatic heterocycles. The van der Waals surface area contributed by atoms with E-state index in [1.807, 2.05) is 35.4 Å². The number of fused-ring (bicyclic) bond motifs is 2. The topological polar surface area (TPSA) is 83.0 Å². The number of pyridine rings is 1. The van der Waals surface area contributed by atoms with E-state index in [1.54, 1.807) is 7.11 Å². The van der Waals surface area contributed by atoms with Crippen molar-refractivity contribution in [2.45, 2.75) is 31.0 Å². The predicted octanol–water partition coefficient (Wildman–Crippen LogP) is 3.24. The zero-order valence-electron chi connectivity index (χ0n) is 18.2. The Kier molecular flexibility index (Phi) is 7.70. The van der Waals surface area contributed by atoms with Crippen LogP contribution in [0.25, 0.3) is 0 Å². The highest BCUT2D eigenvalue weighted by Gasteiger charge is 2.51. The first-order valence-electron chi connectivity index (χ1n) is 10.5. The SMILES string of the molecule is COCCN1C(=O)C2(CCN(Cc3ccccn3)CC2)c2ccccc21.O=C(O)C(F)(F)F. The summed E-state index contributed by atoms with van der Waals surface area (Å²) in [7, 11) is 1.68. The molecule has 2 aliphatic rings. The molecular weight excluding hydrogens is 439 g/mol. The van der Waals surface area contributed by atoms with Gasteiger partial charge in [0.15, 0.2) is 0 Å². The molecule has 2 aromatic rings. The van der Waals surface area contributed by atoms with Crippen molar-refractivity contribution in [3.63, 3.8) is 0 Å². The third-order valence-corrected chi connectivity index (χ3v) is 5.95. The van der Waals surface area contributed by atoms with Gasteiger partial charge in [0.25, 0.3) is 0 Å². The number of rotatable bonds is 5. The highest BCUT2D eigenvalue weighted by atomic mass is 19.4. The number of carbonyl (C=O) groups is 2. The molecule has 1 spiro atoms. The molecule has 1 aromatic carbocycles. The van der Waals surface area contributed by atoms with Gasteiger partial charge in [-0.2, -0.15) is 13.2 Å². The molecule has 4 rings (SSSR count). The monoisotopic (exact) mass is 465 g/mol. The van der Waals surface area contributed by atoms with Crippen LogP contribution >= 0.6 is 0 Å². The summed E-state index contributed by atoms with van der Waals surface area (Å²) in [4.78, 5) is 31.0. The Morgan fingerprint density at radius 1 is 1.15 bits per heavy atom. The summed E-state index contributed by atoms with van der Waals surface area (Å²) in [5.74, 6) is -2.51. The molecule has 0 bridgehead atoms. The maximum atomic E-state index is 13.3. The lowest BCUT2D eigenvalue weighted by molar-refractivity contribution is -0.192. The largest absolute Gasteiger partial charge is 0.490 e. The second kappa shape index (κ2) is 10.3. The second-order valence-electron chi connectivity index (χ2n) is 7.95. The van der Waals surface area contributed by atoms with Crippen molar-refractivity contribution in [1.82, 2.24) is 9.88 Å². The predicted molar refractivity (Wildman–Crippen MR) is 115 cm³/mol. The van der Waals surface area contributed by atoms with Gasteiger partial charge in [-0.15, -0.1) is 0 Å². The Hall–Kier alpha value is -2.98. The van der Waals surface area contributed by atoms with Crippen LogP contribution in [0.1, 0.15) is 24.1 Å². The van der Waals surface area contributed by atoms with Gasteiger partial charge >= 0.3 is 12.1 Å². The summed E-state index contributed by atoms with van der Waals surface area (Å²) >= 11 is 0. The first kappa shape index (κ1) is 24.7. The van der Waals surface area contributed by atoms with Crippen molar-refractivity contribution in [3.05, 3.63) is 59.9 Å². The Bertz CT molecular complexity index is 961. The van der Waals surface area contributed by atoms with Crippen molar-refractivity contribution in [3.8, 4) is 0 Å². The number of carboxylic acids is 1. The number of piperidine rings is 1. The van der Waals surface area contributed by atoms with Crippen molar-refractivity contribution < 1.29 is 32.6 Å². The number of methoxy groups -OCH3 is 1. The van der Waals surface area contributed by atoms with E-state index in [4.69, 9.17) is 14.6 Å². The van der Waals surface area contributed by atoms with Crippen LogP contribution in [-0.4, -0.2) is 66.4 Å². The second-order valence-corrected chi connectivity index (χ2v) is 7.95. The number of aromatic nitrogens is 1. The van der Waals surface area contributed by atoms with Crippen LogP contribution in [-0.2, 0) is 26.3 Å². The molecule has 33 heavy (non-hydrogen) atoms. The van der Waals surface area contributed by atoms with E-state index in [0.29, 0.717) is 13.2 Å². The number of likely N-dealkylation sites (tertiary alicyclic amines) is 1. The van der Waals surface area contributed by atoms with E-state index in [2.05, 4.69) is 28.1 Å². The number of alkyl halides is 3. The zero-order valence-corrected chi connectivity index (χ0v) is 18.2. The van der Waals surface area contributed by atoms with Crippen molar-refractivity contribution >= 4 is 17.6 Å². The van der Waals surface area contributed by atoms with Gasteiger partial charge in [-0.25, -0.2) is 4.79 Å². The van der Waals surface area contributed by atoms with E-state index in [9.17, 15) is 18.0 Å². The average molecular weight is 465 g/mol. The van der Waals surface area contributed by atoms with Crippen LogP contribution in [0.2, 0.25) is 0 Å². The number of aliphatic carboxylic acids is 1. The molecule has 0 radical (unpaired) electrons. The van der Waals surface area contributed by atoms with Gasteiger partial charge in [0, 0.05) is 32.1 Å². The third kappa shape index (κ3) is 5.51. The summed E-state index contributed by atoms with van der Waals surface area (Å²) < 4.78 is 37.0. The Morgan fingerprint density at radius 3 is 2.36 bits per heavy atom. The van der Waals surface area contributed by atoms with Crippen LogP contribution in [0.4, 0.5) is 18.9 Å². The van der Waals surface area contributed by atoms with Crippen LogP contribution in [0, 0.1) is 0 Å². The quantitative estimate of drug-likeness (QED) is 0.730. The minimum Gasteiger partial charge on any atom is -0.475 e. The number of anilines is 1. The van der Waals surface area contributed by atoms with Crippen LogP contribution in [0.3, 0.4) is 0 Å². The van der Waals surface area contributed by atoms with Crippen LogP contribution in [0.15, 0.2) is 48.7 Å². The van der Waals surface area contributed by atoms with E-state index in [-0.39, 0.29) is 11.3 Å². The van der Waals surface area contributed by atoms with Gasteiger partial charge in [-0.05, 0) is 49.7 Å². The minimum absolute atomic E-state index is 0.244. The molecule has 2 aliphatic heterocycles. The minimum atomic E-state index is -5.08. The molecule has 0 unspecified atom stereocenters. The van der Waals surface area contributed by atoms with Gasteiger partial charge in [0.2, 0.25) is 5.91 Å². The van der Waals surface area contributed by atoms with Gasteiger partial charge < -0.3 is 14.7 Å². The van der Waals surface area contributed by atoms with Gasteiger partial charge in [0.05, 0.1) is 17.7 Å². The van der Waals surface area contributed by atoms with E-state index >= 15 is 0 Å². The maximum absolute atomic E-state index is 13.3. The third-order valence-electron chi connectivity index (χ3n) is 5.95. The van der Waals surface area contributed by atoms with E-state index in [0.717, 1.165) is 43.9 Å². The molecule has 10 heteroatoms. The smallest absolute Gasteiger partial charge is 0.475 e. The van der Waals surface area contributed by atoms with Crippen LogP contribution < -0.4 is 4.90 Å². The molecule has 1 fully saturated rings. The first-order chi connectivity index (χ1) is 15.7. The lowest BCUT2D eigenvalue weighted by Crippen LogP contribution is -2.49. The highest BCUT2D eigenvalue weighted by molar-refractivity contribution is 6.08. The Labute approximate surface area is 189 Å². The summed E-state index contributed by atoms with van der Waals surface area (Å²) in [6, 6.07) is 14.3. The van der Waals surface area contributed by atoms with Crippen molar-refractivity contribution in [2.24, 2.45) is 0 Å². The van der Waals surface area contributed by atoms with Gasteiger partial charge in [-0.1, -0.05) is 24.3 Å². The number of amides is 1. The summed E-state index contributed by atoms with van der Waals surface area (Å²) in [6.45, 7) is 3.84. The summed E-state index contributed by atoms with van der Waals surface area (Å²) in [5, 5.41) is 7.12. The number of ether oxygens (including phenoxy) is 1. The van der Waals surface area contributed by atoms with E-state index < -0.39 is 12.1 Å². The Morgan fingerprint density at radius 2 is 1.79 bits per heavy atom. The molecule has 1 saturated heterocycles. The van der Waals surface area contributed by atoms with Crippen molar-refractivity contribution in [1.29, 1.82) is 0 Å².